The van der Waals surface area contributed by atoms with Gasteiger partial charge in [-0.3, -0.25) is 9.59 Å². The molecule has 8 heteroatoms. The van der Waals surface area contributed by atoms with Crippen molar-refractivity contribution in [3.63, 3.8) is 0 Å². The van der Waals surface area contributed by atoms with Crippen LogP contribution in [0.25, 0.3) is 10.8 Å². The summed E-state index contributed by atoms with van der Waals surface area (Å²) in [5.74, 6) is -1.15. The first-order valence-corrected chi connectivity index (χ1v) is 11.5. The highest BCUT2D eigenvalue weighted by Gasteiger charge is 2.53. The number of anilines is 1. The minimum absolute atomic E-state index is 0.0108. The lowest BCUT2D eigenvalue weighted by molar-refractivity contribution is -0.0107. The first kappa shape index (κ1) is 21.5. The summed E-state index contributed by atoms with van der Waals surface area (Å²) >= 11 is 0. The van der Waals surface area contributed by atoms with Crippen molar-refractivity contribution < 1.29 is 13.6 Å². The Balaban J connectivity index is 1.16. The maximum Gasteiger partial charge on any atom is 0.272 e. The number of benzene rings is 3. The van der Waals surface area contributed by atoms with E-state index in [9.17, 15) is 18.4 Å². The maximum absolute atomic E-state index is 14.6. The highest BCUT2D eigenvalue weighted by Crippen LogP contribution is 2.42. The molecule has 1 amide bonds. The van der Waals surface area contributed by atoms with E-state index < -0.39 is 5.82 Å². The van der Waals surface area contributed by atoms with Crippen molar-refractivity contribution in [2.45, 2.75) is 6.42 Å². The summed E-state index contributed by atoms with van der Waals surface area (Å²) in [6.07, 6.45) is 0.356. The van der Waals surface area contributed by atoms with Crippen molar-refractivity contribution in [2.75, 3.05) is 31.1 Å². The molecule has 6 rings (SSSR count). The van der Waals surface area contributed by atoms with Gasteiger partial charge in [0.1, 0.15) is 11.6 Å². The molecule has 4 aromatic rings. The van der Waals surface area contributed by atoms with E-state index in [1.54, 1.807) is 41.3 Å². The fourth-order valence-corrected chi connectivity index (χ4v) is 5.22. The van der Waals surface area contributed by atoms with Crippen LogP contribution in [0.2, 0.25) is 0 Å². The van der Waals surface area contributed by atoms with Crippen LogP contribution >= 0.6 is 0 Å². The molecule has 35 heavy (non-hydrogen) atoms. The number of hydrogen-bond acceptors (Lipinski definition) is 4. The molecule has 0 unspecified atom stereocenters. The number of likely N-dealkylation sites (tertiary alicyclic amines) is 1. The smallest absolute Gasteiger partial charge is 0.272 e. The lowest BCUT2D eigenvalue weighted by Crippen LogP contribution is -2.73. The molecule has 1 N–H and O–H groups in total. The normalized spacial score (nSPS) is 16.3. The number of halogens is 2. The monoisotopic (exact) mass is 472 g/mol. The van der Waals surface area contributed by atoms with Gasteiger partial charge in [0.05, 0.1) is 16.6 Å². The van der Waals surface area contributed by atoms with E-state index in [0.29, 0.717) is 30.6 Å². The molecule has 1 aromatic heterocycles. The van der Waals surface area contributed by atoms with Crippen LogP contribution < -0.4 is 10.5 Å². The van der Waals surface area contributed by atoms with E-state index in [-0.39, 0.29) is 28.3 Å². The molecular weight excluding hydrogens is 450 g/mol. The Hall–Kier alpha value is -4.07. The Labute approximate surface area is 199 Å². The largest absolute Gasteiger partial charge is 0.370 e. The zero-order valence-electron chi connectivity index (χ0n) is 18.8. The van der Waals surface area contributed by atoms with Gasteiger partial charge < -0.3 is 9.80 Å². The van der Waals surface area contributed by atoms with Crippen LogP contribution in [0.4, 0.5) is 14.5 Å². The quantitative estimate of drug-likeness (QED) is 0.491. The van der Waals surface area contributed by atoms with Crippen molar-refractivity contribution in [1.82, 2.24) is 15.1 Å². The summed E-state index contributed by atoms with van der Waals surface area (Å²) in [7, 11) is 0. The summed E-state index contributed by atoms with van der Waals surface area (Å²) in [6.45, 7) is 2.71. The van der Waals surface area contributed by atoms with Crippen LogP contribution in [0.5, 0.6) is 0 Å². The molecular formula is C27H22F2N4O2. The third kappa shape index (κ3) is 3.75. The fourth-order valence-electron chi connectivity index (χ4n) is 5.22. The second-order valence-electron chi connectivity index (χ2n) is 9.53. The number of hydrogen-bond donors (Lipinski definition) is 1. The van der Waals surface area contributed by atoms with Gasteiger partial charge in [-0.2, -0.15) is 5.10 Å². The lowest BCUT2D eigenvalue weighted by Gasteiger charge is -2.61. The van der Waals surface area contributed by atoms with E-state index in [1.807, 2.05) is 12.1 Å². The molecule has 3 heterocycles. The minimum atomic E-state index is -0.555. The topological polar surface area (TPSA) is 69.3 Å². The number of nitrogens with one attached hydrogen (secondary N) is 1. The van der Waals surface area contributed by atoms with E-state index in [0.717, 1.165) is 29.7 Å². The molecule has 2 fully saturated rings. The van der Waals surface area contributed by atoms with Gasteiger partial charge in [-0.1, -0.05) is 24.3 Å². The number of fused-ring (bicyclic) bond motifs is 1. The van der Waals surface area contributed by atoms with Gasteiger partial charge >= 0.3 is 0 Å². The van der Waals surface area contributed by atoms with Gasteiger partial charge in [-0.15, -0.1) is 0 Å². The van der Waals surface area contributed by atoms with Crippen LogP contribution in [0.15, 0.2) is 71.5 Å². The number of rotatable bonds is 4. The molecule has 1 spiro atoms. The number of carbonyl (C=O) groups excluding carboxylic acids is 1. The van der Waals surface area contributed by atoms with Crippen LogP contribution in [-0.4, -0.2) is 47.2 Å². The van der Waals surface area contributed by atoms with Crippen molar-refractivity contribution in [3.8, 4) is 0 Å². The third-order valence-electron chi connectivity index (χ3n) is 6.99. The first-order chi connectivity index (χ1) is 16.9. The Morgan fingerprint density at radius 1 is 0.943 bits per heavy atom. The number of H-pyrrole nitrogens is 1. The Bertz CT molecular complexity index is 1500. The predicted molar refractivity (Wildman–Crippen MR) is 129 cm³/mol. The lowest BCUT2D eigenvalue weighted by atomic mass is 9.72. The van der Waals surface area contributed by atoms with Gasteiger partial charge in [0, 0.05) is 49.1 Å². The third-order valence-corrected chi connectivity index (χ3v) is 6.99. The second kappa shape index (κ2) is 8.01. The summed E-state index contributed by atoms with van der Waals surface area (Å²) in [5, 5.41) is 7.96. The van der Waals surface area contributed by atoms with Crippen molar-refractivity contribution in [3.05, 3.63) is 106 Å². The fraction of sp³-hybridized carbons (Fsp3) is 0.222. The van der Waals surface area contributed by atoms with Gasteiger partial charge in [-0.25, -0.2) is 13.9 Å². The highest BCUT2D eigenvalue weighted by molar-refractivity contribution is 5.95. The number of amides is 1. The predicted octanol–water partition coefficient (Wildman–Crippen LogP) is 3.75. The van der Waals surface area contributed by atoms with Gasteiger partial charge in [-0.05, 0) is 48.0 Å². The SMILES string of the molecule is O=C(c1cc(Cc2n[nH]c(=O)c3ccccc23)ccc1F)N1CC2(C1)CN(c1ccc(F)cc1)C2. The van der Waals surface area contributed by atoms with E-state index >= 15 is 0 Å². The number of aromatic nitrogens is 2. The summed E-state index contributed by atoms with van der Waals surface area (Å²) in [4.78, 5) is 29.0. The highest BCUT2D eigenvalue weighted by atomic mass is 19.1. The van der Waals surface area contributed by atoms with E-state index in [4.69, 9.17) is 0 Å². The molecule has 2 aliphatic heterocycles. The maximum atomic E-state index is 14.6. The number of nitrogens with zero attached hydrogens (tertiary/aromatic N) is 3. The summed E-state index contributed by atoms with van der Waals surface area (Å²) in [6, 6.07) is 18.1. The molecule has 0 bridgehead atoms. The standard InChI is InChI=1S/C27H22F2N4O2/c28-18-6-8-19(9-7-18)32-13-27(14-32)15-33(16-27)26(35)22-11-17(5-10-23(22)29)12-24-20-3-1-2-4-21(20)25(34)31-30-24/h1-11H,12-16H2,(H,31,34). The van der Waals surface area contributed by atoms with Crippen LogP contribution in [0.1, 0.15) is 21.6 Å². The average molecular weight is 472 g/mol. The summed E-state index contributed by atoms with van der Waals surface area (Å²) < 4.78 is 27.8. The van der Waals surface area contributed by atoms with Gasteiger partial charge in [0.2, 0.25) is 0 Å². The molecule has 176 valence electrons. The van der Waals surface area contributed by atoms with Crippen molar-refractivity contribution >= 4 is 22.4 Å². The zero-order valence-corrected chi connectivity index (χ0v) is 18.8. The van der Waals surface area contributed by atoms with Gasteiger partial charge in [0.25, 0.3) is 11.5 Å². The second-order valence-corrected chi connectivity index (χ2v) is 9.53. The Kier molecular flexibility index (Phi) is 4.91. The molecule has 6 nitrogen and oxygen atoms in total. The van der Waals surface area contributed by atoms with Crippen molar-refractivity contribution in [1.29, 1.82) is 0 Å². The molecule has 0 saturated carbocycles. The van der Waals surface area contributed by atoms with Crippen molar-refractivity contribution in [2.24, 2.45) is 5.41 Å². The summed E-state index contributed by atoms with van der Waals surface area (Å²) in [5.41, 5.74) is 2.14. The Morgan fingerprint density at radius 2 is 1.66 bits per heavy atom. The van der Waals surface area contributed by atoms with E-state index in [1.165, 1.54) is 18.2 Å². The molecule has 0 aliphatic carbocycles. The zero-order chi connectivity index (χ0) is 24.2. The van der Waals surface area contributed by atoms with Crippen LogP contribution in [0.3, 0.4) is 0 Å². The first-order valence-electron chi connectivity index (χ1n) is 11.5. The molecule has 0 atom stereocenters. The average Bonchev–Trinajstić information content (AvgIpc) is 2.81. The van der Waals surface area contributed by atoms with Gasteiger partial charge in [0.15, 0.2) is 0 Å². The minimum Gasteiger partial charge on any atom is -0.370 e. The molecule has 2 saturated heterocycles. The molecule has 3 aromatic carbocycles. The van der Waals surface area contributed by atoms with E-state index in [2.05, 4.69) is 15.1 Å². The number of aromatic amines is 1. The van der Waals surface area contributed by atoms with Crippen LogP contribution in [-0.2, 0) is 6.42 Å². The Morgan fingerprint density at radius 3 is 2.40 bits per heavy atom. The van der Waals surface area contributed by atoms with Crippen LogP contribution in [0, 0.1) is 17.0 Å². The molecule has 2 aliphatic rings. The number of carbonyl (C=O) groups is 1. The molecule has 0 radical (unpaired) electrons.